The molecule has 0 fully saturated rings. The van der Waals surface area contributed by atoms with Crippen LogP contribution in [0.4, 0.5) is 0 Å². The van der Waals surface area contributed by atoms with E-state index in [9.17, 15) is 4.79 Å². The molecule has 96 valence electrons. The Morgan fingerprint density at radius 3 is 2.61 bits per heavy atom. The first kappa shape index (κ1) is 14.6. The van der Waals surface area contributed by atoms with Crippen LogP contribution < -0.4 is 5.73 Å². The molecule has 0 spiro atoms. The number of hydrogen-bond donors (Lipinski definition) is 2. The first-order valence-corrected chi connectivity index (χ1v) is 6.58. The molecule has 0 amide bonds. The Kier molecular flexibility index (Phi) is 5.26. The SMILES string of the molecule is CC(C)(SCC#Cc1ccccc1)[C@H](N)C(=O)O. The number of carbonyl (C=O) groups is 1. The average molecular weight is 263 g/mol. The van der Waals surface area contributed by atoms with Gasteiger partial charge in [-0.2, -0.15) is 0 Å². The predicted molar refractivity (Wildman–Crippen MR) is 75.5 cm³/mol. The summed E-state index contributed by atoms with van der Waals surface area (Å²) in [5.74, 6) is 5.62. The summed E-state index contributed by atoms with van der Waals surface area (Å²) in [6.07, 6.45) is 0. The van der Waals surface area contributed by atoms with E-state index in [0.29, 0.717) is 5.75 Å². The summed E-state index contributed by atoms with van der Waals surface area (Å²) in [6, 6.07) is 8.79. The van der Waals surface area contributed by atoms with Crippen LogP contribution >= 0.6 is 11.8 Å². The Morgan fingerprint density at radius 1 is 1.44 bits per heavy atom. The van der Waals surface area contributed by atoms with E-state index in [0.717, 1.165) is 5.56 Å². The second-order valence-electron chi connectivity index (χ2n) is 4.38. The Morgan fingerprint density at radius 2 is 2.06 bits per heavy atom. The van der Waals surface area contributed by atoms with E-state index in [1.165, 1.54) is 11.8 Å². The Labute approximate surface area is 112 Å². The molecule has 0 bridgehead atoms. The van der Waals surface area contributed by atoms with Gasteiger partial charge in [0.2, 0.25) is 0 Å². The molecule has 3 N–H and O–H groups in total. The van der Waals surface area contributed by atoms with E-state index in [4.69, 9.17) is 10.8 Å². The minimum atomic E-state index is -0.983. The molecule has 3 nitrogen and oxygen atoms in total. The molecule has 0 saturated heterocycles. The van der Waals surface area contributed by atoms with Gasteiger partial charge in [0.05, 0.1) is 5.75 Å². The third-order valence-corrected chi connectivity index (χ3v) is 3.82. The van der Waals surface area contributed by atoms with E-state index < -0.39 is 16.8 Å². The van der Waals surface area contributed by atoms with Crippen molar-refractivity contribution in [1.82, 2.24) is 0 Å². The van der Waals surface area contributed by atoms with E-state index in [2.05, 4.69) is 11.8 Å². The zero-order valence-corrected chi connectivity index (χ0v) is 11.3. The number of rotatable bonds is 4. The lowest BCUT2D eigenvalue weighted by atomic mass is 10.1. The topological polar surface area (TPSA) is 63.3 Å². The van der Waals surface area contributed by atoms with E-state index in [1.807, 2.05) is 44.2 Å². The van der Waals surface area contributed by atoms with Gasteiger partial charge in [0.15, 0.2) is 0 Å². The van der Waals surface area contributed by atoms with Crippen molar-refractivity contribution >= 4 is 17.7 Å². The van der Waals surface area contributed by atoms with E-state index in [-0.39, 0.29) is 0 Å². The number of hydrogen-bond acceptors (Lipinski definition) is 3. The fourth-order valence-electron chi connectivity index (χ4n) is 1.27. The van der Waals surface area contributed by atoms with Crippen molar-refractivity contribution in [3.63, 3.8) is 0 Å². The molecular weight excluding hydrogens is 246 g/mol. The van der Waals surface area contributed by atoms with Gasteiger partial charge in [0.25, 0.3) is 0 Å². The maximum absolute atomic E-state index is 10.8. The lowest BCUT2D eigenvalue weighted by Gasteiger charge is -2.26. The first-order valence-electron chi connectivity index (χ1n) is 5.60. The van der Waals surface area contributed by atoms with E-state index >= 15 is 0 Å². The van der Waals surface area contributed by atoms with Gasteiger partial charge in [-0.25, -0.2) is 0 Å². The number of carboxylic acids is 1. The van der Waals surface area contributed by atoms with Crippen LogP contribution in [0.25, 0.3) is 0 Å². The van der Waals surface area contributed by atoms with Crippen LogP contribution in [-0.2, 0) is 4.79 Å². The first-order chi connectivity index (χ1) is 8.43. The van der Waals surface area contributed by atoms with Crippen LogP contribution in [0.5, 0.6) is 0 Å². The quantitative estimate of drug-likeness (QED) is 0.815. The number of carboxylic acid groups (broad SMARTS) is 1. The standard InChI is InChI=1S/C14H17NO2S/c1-14(2,12(15)13(16)17)18-10-6-9-11-7-4-3-5-8-11/h3-5,7-8,12H,10,15H2,1-2H3,(H,16,17)/t12-/m1/s1. The van der Waals surface area contributed by atoms with Gasteiger partial charge in [0.1, 0.15) is 6.04 Å². The second-order valence-corrected chi connectivity index (χ2v) is 6.01. The van der Waals surface area contributed by atoms with E-state index in [1.54, 1.807) is 0 Å². The van der Waals surface area contributed by atoms with Crippen LogP contribution in [0.3, 0.4) is 0 Å². The zero-order valence-electron chi connectivity index (χ0n) is 10.5. The minimum Gasteiger partial charge on any atom is -0.480 e. The van der Waals surface area contributed by atoms with Crippen LogP contribution in [0.1, 0.15) is 19.4 Å². The molecule has 4 heteroatoms. The van der Waals surface area contributed by atoms with Crippen LogP contribution in [-0.4, -0.2) is 27.6 Å². The van der Waals surface area contributed by atoms with Gasteiger partial charge in [-0.1, -0.05) is 30.0 Å². The molecule has 0 unspecified atom stereocenters. The summed E-state index contributed by atoms with van der Waals surface area (Å²) in [7, 11) is 0. The summed E-state index contributed by atoms with van der Waals surface area (Å²) in [5, 5.41) is 8.88. The molecule has 0 aliphatic rings. The minimum absolute atomic E-state index is 0.531. The Bertz CT molecular complexity index is 460. The maximum atomic E-state index is 10.8. The summed E-state index contributed by atoms with van der Waals surface area (Å²) >= 11 is 1.45. The third kappa shape index (κ3) is 4.44. The molecule has 0 heterocycles. The van der Waals surface area contributed by atoms with Crippen molar-refractivity contribution in [2.45, 2.75) is 24.6 Å². The van der Waals surface area contributed by atoms with Crippen molar-refractivity contribution in [2.75, 3.05) is 5.75 Å². The highest BCUT2D eigenvalue weighted by Crippen LogP contribution is 2.26. The van der Waals surface area contributed by atoms with Gasteiger partial charge >= 0.3 is 5.97 Å². The van der Waals surface area contributed by atoms with Gasteiger partial charge in [-0.15, -0.1) is 11.8 Å². The highest BCUT2D eigenvalue weighted by atomic mass is 32.2. The third-order valence-electron chi connectivity index (χ3n) is 2.54. The number of thioether (sulfide) groups is 1. The highest BCUT2D eigenvalue weighted by molar-refractivity contribution is 8.00. The van der Waals surface area contributed by atoms with Gasteiger partial charge < -0.3 is 10.8 Å². The van der Waals surface area contributed by atoms with Gasteiger partial charge in [-0.05, 0) is 26.0 Å². The molecule has 0 saturated carbocycles. The fourth-order valence-corrected chi connectivity index (χ4v) is 2.07. The summed E-state index contributed by atoms with van der Waals surface area (Å²) in [5.41, 5.74) is 6.58. The monoisotopic (exact) mass is 263 g/mol. The summed E-state index contributed by atoms with van der Waals surface area (Å²) in [6.45, 7) is 3.64. The molecule has 0 radical (unpaired) electrons. The zero-order chi connectivity index (χ0) is 13.6. The lowest BCUT2D eigenvalue weighted by Crippen LogP contribution is -2.46. The molecule has 1 aromatic carbocycles. The second kappa shape index (κ2) is 6.48. The predicted octanol–water partition coefficient (Wildman–Crippen LogP) is 1.96. The van der Waals surface area contributed by atoms with Crippen molar-refractivity contribution < 1.29 is 9.90 Å². The summed E-state index contributed by atoms with van der Waals surface area (Å²) in [4.78, 5) is 10.8. The normalized spacial score (nSPS) is 12.4. The number of aliphatic carboxylic acids is 1. The average Bonchev–Trinajstić information content (AvgIpc) is 2.35. The summed E-state index contributed by atoms with van der Waals surface area (Å²) < 4.78 is -0.531. The molecule has 1 atom stereocenters. The molecule has 0 aliphatic carbocycles. The van der Waals surface area contributed by atoms with Crippen LogP contribution in [0.15, 0.2) is 30.3 Å². The molecule has 0 aliphatic heterocycles. The lowest BCUT2D eigenvalue weighted by molar-refractivity contribution is -0.139. The molecular formula is C14H17NO2S. The van der Waals surface area contributed by atoms with Gasteiger partial charge in [-0.3, -0.25) is 4.79 Å². The van der Waals surface area contributed by atoms with Crippen molar-refractivity contribution in [1.29, 1.82) is 0 Å². The number of nitrogens with two attached hydrogens (primary N) is 1. The largest absolute Gasteiger partial charge is 0.480 e. The van der Waals surface area contributed by atoms with Gasteiger partial charge in [0, 0.05) is 10.3 Å². The fraction of sp³-hybridized carbons (Fsp3) is 0.357. The molecule has 18 heavy (non-hydrogen) atoms. The van der Waals surface area contributed by atoms with Crippen LogP contribution in [0, 0.1) is 11.8 Å². The van der Waals surface area contributed by atoms with Crippen LogP contribution in [0.2, 0.25) is 0 Å². The number of benzene rings is 1. The molecule has 0 aromatic heterocycles. The Balaban J connectivity index is 2.52. The van der Waals surface area contributed by atoms with Crippen molar-refractivity contribution in [2.24, 2.45) is 5.73 Å². The van der Waals surface area contributed by atoms with Crippen molar-refractivity contribution in [3.8, 4) is 11.8 Å². The molecule has 1 aromatic rings. The Hall–Kier alpha value is -1.44. The highest BCUT2D eigenvalue weighted by Gasteiger charge is 2.32. The molecule has 1 rings (SSSR count). The smallest absolute Gasteiger partial charge is 0.321 e. The van der Waals surface area contributed by atoms with Crippen molar-refractivity contribution in [3.05, 3.63) is 35.9 Å². The maximum Gasteiger partial charge on any atom is 0.321 e.